The van der Waals surface area contributed by atoms with Crippen LogP contribution in [0.15, 0.2) is 30.3 Å². The molecule has 0 saturated carbocycles. The topological polar surface area (TPSA) is 49.4 Å². The number of hydrogen-bond donors (Lipinski definition) is 1. The molecule has 0 bridgehead atoms. The quantitative estimate of drug-likeness (QED) is 0.907. The van der Waals surface area contributed by atoms with Crippen molar-refractivity contribution in [3.63, 3.8) is 0 Å². The van der Waals surface area contributed by atoms with Gasteiger partial charge in [0, 0.05) is 11.4 Å². The largest absolute Gasteiger partial charge is 0.342 e. The van der Waals surface area contributed by atoms with E-state index in [1.165, 1.54) is 28.0 Å². The lowest BCUT2D eigenvalue weighted by Crippen LogP contribution is -2.39. The van der Waals surface area contributed by atoms with E-state index in [9.17, 15) is 9.59 Å². The molecule has 1 saturated heterocycles. The first kappa shape index (κ1) is 17.7. The molecule has 1 N–H and O–H groups in total. The number of carbonyl (C=O) groups excluding carboxylic acids is 2. The van der Waals surface area contributed by atoms with Crippen molar-refractivity contribution in [1.82, 2.24) is 10.2 Å². The average molecular weight is 356 g/mol. The molecule has 25 heavy (non-hydrogen) atoms. The van der Waals surface area contributed by atoms with Gasteiger partial charge in [0.2, 0.25) is 5.91 Å². The third kappa shape index (κ3) is 3.93. The Kier molecular flexibility index (Phi) is 5.23. The standard InChI is InChI=1S/C20H24N2O2S/c1-13-6-8-16(11-14(13)2)17-5-4-10-22(17)19(23)12-21-20(24)18-9-7-15(3)25-18/h6-9,11,17H,4-5,10,12H2,1-3H3,(H,21,24). The van der Waals surface area contributed by atoms with E-state index in [0.717, 1.165) is 24.3 Å². The average Bonchev–Trinajstić information content (AvgIpc) is 3.24. The van der Waals surface area contributed by atoms with Crippen LogP contribution in [-0.4, -0.2) is 29.8 Å². The fourth-order valence-electron chi connectivity index (χ4n) is 3.28. The Hall–Kier alpha value is -2.14. The SMILES string of the molecule is Cc1ccc(C(=O)NCC(=O)N2CCCC2c2ccc(C)c(C)c2)s1. The Labute approximate surface area is 152 Å². The van der Waals surface area contributed by atoms with Crippen LogP contribution in [0.25, 0.3) is 0 Å². The highest BCUT2D eigenvalue weighted by Gasteiger charge is 2.30. The smallest absolute Gasteiger partial charge is 0.261 e. The van der Waals surface area contributed by atoms with Gasteiger partial charge in [-0.3, -0.25) is 9.59 Å². The number of likely N-dealkylation sites (tertiary alicyclic amines) is 1. The zero-order valence-corrected chi connectivity index (χ0v) is 15.8. The van der Waals surface area contributed by atoms with E-state index < -0.39 is 0 Å². The molecule has 2 heterocycles. The maximum atomic E-state index is 12.6. The van der Waals surface area contributed by atoms with Gasteiger partial charge in [-0.05, 0) is 62.4 Å². The molecule has 1 fully saturated rings. The predicted octanol–water partition coefficient (Wildman–Crippen LogP) is 3.77. The number of nitrogens with zero attached hydrogens (tertiary/aromatic N) is 1. The number of benzene rings is 1. The van der Waals surface area contributed by atoms with E-state index in [4.69, 9.17) is 0 Å². The summed E-state index contributed by atoms with van der Waals surface area (Å²) in [6.45, 7) is 6.97. The van der Waals surface area contributed by atoms with E-state index in [1.807, 2.05) is 17.9 Å². The van der Waals surface area contributed by atoms with Gasteiger partial charge in [0.05, 0.1) is 17.5 Å². The third-order valence-corrected chi connectivity index (χ3v) is 5.85. The molecule has 0 aliphatic carbocycles. The maximum absolute atomic E-state index is 12.6. The number of nitrogens with one attached hydrogen (secondary N) is 1. The van der Waals surface area contributed by atoms with Crippen molar-refractivity contribution in [2.24, 2.45) is 0 Å². The second-order valence-electron chi connectivity index (χ2n) is 6.68. The van der Waals surface area contributed by atoms with Crippen LogP contribution in [0.1, 0.15) is 50.1 Å². The van der Waals surface area contributed by atoms with Gasteiger partial charge in [-0.15, -0.1) is 11.3 Å². The Morgan fingerprint density at radius 1 is 1.16 bits per heavy atom. The highest BCUT2D eigenvalue weighted by atomic mass is 32.1. The summed E-state index contributed by atoms with van der Waals surface area (Å²) in [4.78, 5) is 28.4. The second-order valence-corrected chi connectivity index (χ2v) is 7.97. The van der Waals surface area contributed by atoms with E-state index in [2.05, 4.69) is 37.4 Å². The van der Waals surface area contributed by atoms with E-state index in [0.29, 0.717) is 4.88 Å². The van der Waals surface area contributed by atoms with Crippen LogP contribution in [0.4, 0.5) is 0 Å². The van der Waals surface area contributed by atoms with Gasteiger partial charge < -0.3 is 10.2 Å². The lowest BCUT2D eigenvalue weighted by molar-refractivity contribution is -0.131. The summed E-state index contributed by atoms with van der Waals surface area (Å²) < 4.78 is 0. The van der Waals surface area contributed by atoms with Crippen molar-refractivity contribution < 1.29 is 9.59 Å². The summed E-state index contributed by atoms with van der Waals surface area (Å²) in [5.41, 5.74) is 3.70. The summed E-state index contributed by atoms with van der Waals surface area (Å²) in [5, 5.41) is 2.76. The van der Waals surface area contributed by atoms with Gasteiger partial charge in [0.1, 0.15) is 0 Å². The fraction of sp³-hybridized carbons (Fsp3) is 0.400. The Morgan fingerprint density at radius 2 is 1.96 bits per heavy atom. The van der Waals surface area contributed by atoms with Crippen molar-refractivity contribution in [2.75, 3.05) is 13.1 Å². The van der Waals surface area contributed by atoms with Gasteiger partial charge in [-0.1, -0.05) is 18.2 Å². The molecule has 1 unspecified atom stereocenters. The molecule has 0 radical (unpaired) electrons. The number of rotatable bonds is 4. The molecule has 2 aromatic rings. The van der Waals surface area contributed by atoms with Gasteiger partial charge >= 0.3 is 0 Å². The van der Waals surface area contributed by atoms with Crippen LogP contribution in [0.2, 0.25) is 0 Å². The molecule has 1 aliphatic rings. The number of thiophene rings is 1. The molecule has 5 heteroatoms. The number of aryl methyl sites for hydroxylation is 3. The van der Waals surface area contributed by atoms with Gasteiger partial charge in [-0.2, -0.15) is 0 Å². The molecular formula is C20H24N2O2S. The monoisotopic (exact) mass is 356 g/mol. The molecule has 3 rings (SSSR count). The fourth-order valence-corrected chi connectivity index (χ4v) is 4.07. The summed E-state index contributed by atoms with van der Waals surface area (Å²) in [5.74, 6) is -0.185. The molecule has 1 aromatic carbocycles. The van der Waals surface area contributed by atoms with Crippen molar-refractivity contribution in [3.05, 3.63) is 56.8 Å². The molecule has 1 aliphatic heterocycles. The molecular weight excluding hydrogens is 332 g/mol. The van der Waals surface area contributed by atoms with Crippen molar-refractivity contribution in [1.29, 1.82) is 0 Å². The van der Waals surface area contributed by atoms with Crippen LogP contribution < -0.4 is 5.32 Å². The predicted molar refractivity (Wildman–Crippen MR) is 101 cm³/mol. The van der Waals surface area contributed by atoms with E-state index in [-0.39, 0.29) is 24.4 Å². The second kappa shape index (κ2) is 7.40. The maximum Gasteiger partial charge on any atom is 0.261 e. The van der Waals surface area contributed by atoms with Crippen LogP contribution in [0.3, 0.4) is 0 Å². The lowest BCUT2D eigenvalue weighted by atomic mass is 9.99. The number of amides is 2. The molecule has 4 nitrogen and oxygen atoms in total. The lowest BCUT2D eigenvalue weighted by Gasteiger charge is -2.25. The first-order chi connectivity index (χ1) is 12.0. The summed E-state index contributed by atoms with van der Waals surface area (Å²) in [7, 11) is 0. The minimum Gasteiger partial charge on any atom is -0.342 e. The molecule has 1 aromatic heterocycles. The van der Waals surface area contributed by atoms with Crippen LogP contribution >= 0.6 is 11.3 Å². The minimum absolute atomic E-state index is 0.0117. The van der Waals surface area contributed by atoms with E-state index in [1.54, 1.807) is 6.07 Å². The highest BCUT2D eigenvalue weighted by Crippen LogP contribution is 2.32. The first-order valence-corrected chi connectivity index (χ1v) is 9.48. The third-order valence-electron chi connectivity index (χ3n) is 4.85. The normalized spacial score (nSPS) is 16.9. The van der Waals surface area contributed by atoms with Gasteiger partial charge in [0.15, 0.2) is 0 Å². The van der Waals surface area contributed by atoms with Crippen molar-refractivity contribution in [2.45, 2.75) is 39.7 Å². The Balaban J connectivity index is 1.64. The molecule has 0 spiro atoms. The Morgan fingerprint density at radius 3 is 2.64 bits per heavy atom. The number of carbonyl (C=O) groups is 2. The molecule has 2 amide bonds. The van der Waals surface area contributed by atoms with Gasteiger partial charge in [0.25, 0.3) is 5.91 Å². The summed E-state index contributed by atoms with van der Waals surface area (Å²) in [6, 6.07) is 10.2. The van der Waals surface area contributed by atoms with Crippen LogP contribution in [0, 0.1) is 20.8 Å². The highest BCUT2D eigenvalue weighted by molar-refractivity contribution is 7.13. The van der Waals surface area contributed by atoms with Gasteiger partial charge in [-0.25, -0.2) is 0 Å². The zero-order chi connectivity index (χ0) is 18.0. The van der Waals surface area contributed by atoms with Crippen LogP contribution in [0.5, 0.6) is 0 Å². The molecule has 1 atom stereocenters. The minimum atomic E-state index is -0.173. The Bertz CT molecular complexity index is 797. The molecule has 132 valence electrons. The van der Waals surface area contributed by atoms with E-state index >= 15 is 0 Å². The van der Waals surface area contributed by atoms with Crippen molar-refractivity contribution >= 4 is 23.2 Å². The van der Waals surface area contributed by atoms with Crippen LogP contribution in [-0.2, 0) is 4.79 Å². The number of hydrogen-bond acceptors (Lipinski definition) is 3. The summed E-state index contributed by atoms with van der Waals surface area (Å²) in [6.07, 6.45) is 1.98. The first-order valence-electron chi connectivity index (χ1n) is 8.67. The van der Waals surface area contributed by atoms with Crippen molar-refractivity contribution in [3.8, 4) is 0 Å². The zero-order valence-electron chi connectivity index (χ0n) is 15.0. The summed E-state index contributed by atoms with van der Waals surface area (Å²) >= 11 is 1.44.